The van der Waals surface area contributed by atoms with E-state index in [1.165, 1.54) is 0 Å². The van der Waals surface area contributed by atoms with E-state index in [9.17, 15) is 13.2 Å². The van der Waals surface area contributed by atoms with Crippen molar-refractivity contribution in [3.05, 3.63) is 25.6 Å². The Morgan fingerprint density at radius 1 is 1.05 bits per heavy atom. The van der Waals surface area contributed by atoms with Gasteiger partial charge in [-0.25, -0.2) is 0 Å². The Morgan fingerprint density at radius 3 is 2.20 bits per heavy atom. The van der Waals surface area contributed by atoms with Crippen LogP contribution in [0.2, 0.25) is 0 Å². The second-order valence-corrected chi connectivity index (χ2v) is 7.62. The first-order valence-corrected chi connectivity index (χ1v) is 8.63. The molecule has 112 valence electrons. The van der Waals surface area contributed by atoms with Crippen molar-refractivity contribution in [3.8, 4) is 0 Å². The summed E-state index contributed by atoms with van der Waals surface area (Å²) < 4.78 is 41.0. The molecule has 1 fully saturated rings. The summed E-state index contributed by atoms with van der Waals surface area (Å²) in [5.74, 6) is -1.19. The molecule has 0 saturated heterocycles. The molecule has 0 bridgehead atoms. The maximum Gasteiger partial charge on any atom is 0.391 e. The monoisotopic (exact) mass is 477 g/mol. The van der Waals surface area contributed by atoms with Gasteiger partial charge in [0.05, 0.1) is 11.6 Å². The minimum Gasteiger partial charge on any atom is -0.380 e. The molecule has 1 nitrogen and oxygen atoms in total. The first-order chi connectivity index (χ1) is 9.27. The zero-order chi connectivity index (χ0) is 14.9. The second kappa shape index (κ2) is 6.57. The first-order valence-electron chi connectivity index (χ1n) is 6.25. The average Bonchev–Trinajstić information content (AvgIpc) is 2.33. The molecule has 0 heterocycles. The summed E-state index contributed by atoms with van der Waals surface area (Å²) in [6, 6.07) is 3.60. The fourth-order valence-electron chi connectivity index (χ4n) is 2.50. The van der Waals surface area contributed by atoms with E-state index in [1.54, 1.807) is 0 Å². The zero-order valence-electron chi connectivity index (χ0n) is 10.4. The lowest BCUT2D eigenvalue weighted by Crippen LogP contribution is -2.34. The van der Waals surface area contributed by atoms with E-state index in [0.29, 0.717) is 6.42 Å². The summed E-state index contributed by atoms with van der Waals surface area (Å²) in [6.45, 7) is 0. The topological polar surface area (TPSA) is 12.0 Å². The summed E-state index contributed by atoms with van der Waals surface area (Å²) in [4.78, 5) is 0. The molecule has 7 heteroatoms. The van der Waals surface area contributed by atoms with E-state index in [2.05, 4.69) is 53.1 Å². The molecule has 1 aliphatic carbocycles. The van der Waals surface area contributed by atoms with Crippen LogP contribution in [0.25, 0.3) is 0 Å². The Hall–Kier alpha value is 0.250. The van der Waals surface area contributed by atoms with Crippen molar-refractivity contribution < 1.29 is 13.2 Å². The van der Waals surface area contributed by atoms with Crippen molar-refractivity contribution in [2.45, 2.75) is 37.9 Å². The Morgan fingerprint density at radius 2 is 1.65 bits per heavy atom. The van der Waals surface area contributed by atoms with Gasteiger partial charge in [-0.2, -0.15) is 13.2 Å². The molecule has 0 aromatic heterocycles. The number of hydrogen-bond acceptors (Lipinski definition) is 1. The van der Waals surface area contributed by atoms with Crippen LogP contribution in [0, 0.1) is 5.92 Å². The third-order valence-corrected chi connectivity index (χ3v) is 5.20. The summed E-state index contributed by atoms with van der Waals surface area (Å²) in [5.41, 5.74) is 0.807. The highest BCUT2D eigenvalue weighted by molar-refractivity contribution is 9.11. The van der Waals surface area contributed by atoms with Crippen LogP contribution < -0.4 is 5.32 Å². The van der Waals surface area contributed by atoms with Crippen molar-refractivity contribution >= 4 is 53.5 Å². The number of hydrogen-bond donors (Lipinski definition) is 1. The van der Waals surface area contributed by atoms with Gasteiger partial charge >= 0.3 is 6.18 Å². The van der Waals surface area contributed by atoms with Gasteiger partial charge in [-0.05, 0) is 63.3 Å². The number of anilines is 1. The molecule has 2 atom stereocenters. The first kappa shape index (κ1) is 16.6. The molecule has 1 aromatic rings. The van der Waals surface area contributed by atoms with Crippen molar-refractivity contribution in [1.29, 1.82) is 0 Å². The van der Waals surface area contributed by atoms with E-state index in [0.717, 1.165) is 25.5 Å². The largest absolute Gasteiger partial charge is 0.391 e. The summed E-state index contributed by atoms with van der Waals surface area (Å²) >= 11 is 10.2. The molecule has 0 spiro atoms. The van der Waals surface area contributed by atoms with E-state index >= 15 is 0 Å². The van der Waals surface area contributed by atoms with Crippen LogP contribution in [0.1, 0.15) is 25.7 Å². The zero-order valence-corrected chi connectivity index (χ0v) is 15.2. The summed E-state index contributed by atoms with van der Waals surface area (Å²) in [6.07, 6.45) is -2.34. The van der Waals surface area contributed by atoms with Crippen LogP contribution in [-0.2, 0) is 0 Å². The van der Waals surface area contributed by atoms with Gasteiger partial charge in [-0.3, -0.25) is 0 Å². The minimum atomic E-state index is -4.09. The smallest absolute Gasteiger partial charge is 0.380 e. The van der Waals surface area contributed by atoms with Gasteiger partial charge in [-0.15, -0.1) is 0 Å². The third kappa shape index (κ3) is 4.13. The Kier molecular flexibility index (Phi) is 5.46. The van der Waals surface area contributed by atoms with E-state index < -0.39 is 12.1 Å². The molecule has 20 heavy (non-hydrogen) atoms. The van der Waals surface area contributed by atoms with Crippen molar-refractivity contribution in [2.75, 3.05) is 5.32 Å². The van der Waals surface area contributed by atoms with Crippen LogP contribution in [-0.4, -0.2) is 12.2 Å². The van der Waals surface area contributed by atoms with Gasteiger partial charge in [0, 0.05) is 19.5 Å². The minimum absolute atomic E-state index is 0.137. The standard InChI is InChI=1S/C13H13Br3F3N/c14-8-5-10(15)12(11(16)6-8)20-9-3-1-2-7(4-9)13(17,18)19/h5-7,9,20H,1-4H2. The number of halogens is 6. The maximum absolute atomic E-state index is 12.8. The van der Waals surface area contributed by atoms with Gasteiger partial charge in [0.1, 0.15) is 0 Å². The average molecular weight is 480 g/mol. The van der Waals surface area contributed by atoms with Crippen LogP contribution >= 0.6 is 47.8 Å². The molecule has 1 aromatic carbocycles. The molecular weight excluding hydrogens is 467 g/mol. The van der Waals surface area contributed by atoms with Gasteiger partial charge in [0.25, 0.3) is 0 Å². The summed E-state index contributed by atoms with van der Waals surface area (Å²) in [5, 5.41) is 3.23. The van der Waals surface area contributed by atoms with Gasteiger partial charge in [-0.1, -0.05) is 22.4 Å². The molecule has 0 amide bonds. The summed E-state index contributed by atoms with van der Waals surface area (Å²) in [7, 11) is 0. The van der Waals surface area contributed by atoms with Crippen molar-refractivity contribution in [1.82, 2.24) is 0 Å². The Labute approximate surface area is 141 Å². The van der Waals surface area contributed by atoms with Crippen molar-refractivity contribution in [3.63, 3.8) is 0 Å². The molecule has 1 saturated carbocycles. The fraction of sp³-hybridized carbons (Fsp3) is 0.538. The number of rotatable bonds is 2. The highest BCUT2D eigenvalue weighted by atomic mass is 79.9. The van der Waals surface area contributed by atoms with E-state index in [-0.39, 0.29) is 18.9 Å². The fourth-order valence-corrected chi connectivity index (χ4v) is 4.99. The number of alkyl halides is 3. The third-order valence-electron chi connectivity index (χ3n) is 3.49. The van der Waals surface area contributed by atoms with E-state index in [1.807, 2.05) is 12.1 Å². The molecule has 0 radical (unpaired) electrons. The van der Waals surface area contributed by atoms with Gasteiger partial charge in [0.15, 0.2) is 0 Å². The SMILES string of the molecule is FC(F)(F)C1CCCC(Nc2c(Br)cc(Br)cc2Br)C1. The van der Waals surface area contributed by atoms with E-state index in [4.69, 9.17) is 0 Å². The quantitative estimate of drug-likeness (QED) is 0.510. The highest BCUT2D eigenvalue weighted by Gasteiger charge is 2.42. The number of nitrogens with one attached hydrogen (secondary N) is 1. The molecule has 2 rings (SSSR count). The highest BCUT2D eigenvalue weighted by Crippen LogP contribution is 2.40. The Bertz CT molecular complexity index is 467. The van der Waals surface area contributed by atoms with Gasteiger partial charge in [0.2, 0.25) is 0 Å². The van der Waals surface area contributed by atoms with Gasteiger partial charge < -0.3 is 5.32 Å². The Balaban J connectivity index is 2.11. The molecular formula is C13H13Br3F3N. The van der Waals surface area contributed by atoms with Crippen LogP contribution in [0.15, 0.2) is 25.6 Å². The molecule has 0 aliphatic heterocycles. The van der Waals surface area contributed by atoms with Crippen molar-refractivity contribution in [2.24, 2.45) is 5.92 Å². The lowest BCUT2D eigenvalue weighted by atomic mass is 9.85. The van der Waals surface area contributed by atoms with Crippen LogP contribution in [0.3, 0.4) is 0 Å². The predicted molar refractivity (Wildman–Crippen MR) is 85.0 cm³/mol. The lowest BCUT2D eigenvalue weighted by Gasteiger charge is -2.32. The predicted octanol–water partition coefficient (Wildman–Crippen LogP) is 6.51. The maximum atomic E-state index is 12.8. The molecule has 1 N–H and O–H groups in total. The van der Waals surface area contributed by atoms with Crippen LogP contribution in [0.4, 0.5) is 18.9 Å². The van der Waals surface area contributed by atoms with Crippen LogP contribution in [0.5, 0.6) is 0 Å². The second-order valence-electron chi connectivity index (χ2n) is 4.99. The number of benzene rings is 1. The molecule has 1 aliphatic rings. The molecule has 2 unspecified atom stereocenters. The lowest BCUT2D eigenvalue weighted by molar-refractivity contribution is -0.182. The normalized spacial score (nSPS) is 23.7.